The first-order chi connectivity index (χ1) is 11.4. The highest BCUT2D eigenvalue weighted by atomic mass is 16.6. The molecule has 24 heavy (non-hydrogen) atoms. The van der Waals surface area contributed by atoms with Crippen molar-refractivity contribution in [1.82, 2.24) is 0 Å². The number of aryl methyl sites for hydroxylation is 1. The average Bonchev–Trinajstić information content (AvgIpc) is 2.53. The molecule has 1 aromatic rings. The van der Waals surface area contributed by atoms with Gasteiger partial charge in [0.05, 0.1) is 0 Å². The third-order valence-corrected chi connectivity index (χ3v) is 3.33. The summed E-state index contributed by atoms with van der Waals surface area (Å²) in [6.45, 7) is 4.65. The Hall–Kier alpha value is -2.58. The third kappa shape index (κ3) is 5.56. The lowest BCUT2D eigenvalue weighted by Gasteiger charge is -2.29. The number of carbonyl (C=O) groups excluding carboxylic acids is 2. The van der Waals surface area contributed by atoms with Crippen molar-refractivity contribution >= 4 is 11.9 Å². The predicted molar refractivity (Wildman–Crippen MR) is 88.0 cm³/mol. The van der Waals surface area contributed by atoms with Crippen LogP contribution in [0.2, 0.25) is 0 Å². The van der Waals surface area contributed by atoms with Gasteiger partial charge in [-0.1, -0.05) is 29.5 Å². The molecule has 1 aromatic carbocycles. The van der Waals surface area contributed by atoms with E-state index in [1.165, 1.54) is 19.4 Å². The maximum absolute atomic E-state index is 11.2. The minimum Gasteiger partial charge on any atom is -0.463 e. The van der Waals surface area contributed by atoms with Crippen LogP contribution in [0.1, 0.15) is 25.0 Å². The van der Waals surface area contributed by atoms with Gasteiger partial charge in [0, 0.05) is 19.4 Å². The van der Waals surface area contributed by atoms with Crippen LogP contribution in [0.4, 0.5) is 0 Å². The molecule has 0 aromatic heterocycles. The molecule has 1 aliphatic heterocycles. The van der Waals surface area contributed by atoms with Gasteiger partial charge < -0.3 is 14.2 Å². The fourth-order valence-corrected chi connectivity index (χ4v) is 2.16. The number of ether oxygens (including phenoxy) is 3. The van der Waals surface area contributed by atoms with E-state index in [1.807, 2.05) is 31.2 Å². The van der Waals surface area contributed by atoms with E-state index >= 15 is 0 Å². The molecule has 5 heteroatoms. The van der Waals surface area contributed by atoms with E-state index in [0.717, 1.165) is 5.56 Å². The Bertz CT molecular complexity index is 678. The molecule has 1 aliphatic rings. The monoisotopic (exact) mass is 328 g/mol. The van der Waals surface area contributed by atoms with Crippen molar-refractivity contribution < 1.29 is 23.8 Å². The van der Waals surface area contributed by atoms with Crippen molar-refractivity contribution in [3.05, 3.63) is 47.5 Å². The summed E-state index contributed by atoms with van der Waals surface area (Å²) in [6, 6.07) is 7.85. The molecule has 0 N–H and O–H groups in total. The number of carbonyl (C=O) groups is 2. The van der Waals surface area contributed by atoms with Crippen molar-refractivity contribution in [1.29, 1.82) is 0 Å². The van der Waals surface area contributed by atoms with Crippen LogP contribution in [0.3, 0.4) is 0 Å². The summed E-state index contributed by atoms with van der Waals surface area (Å²) in [6.07, 6.45) is 1.81. The van der Waals surface area contributed by atoms with E-state index in [4.69, 9.17) is 14.2 Å². The molecule has 126 valence electrons. The Balaban J connectivity index is 2.08. The standard InChI is InChI=1S/C19H20O5/c1-13-4-6-16(7-5-13)8-9-17-10-11-18(23-15(3)21)19(24-17)12-22-14(2)20/h4-7,10-11,17-19H,12H2,1-3H3/t17-,18-,19-/m1/s1. The van der Waals surface area contributed by atoms with Crippen LogP contribution in [0, 0.1) is 18.8 Å². The Morgan fingerprint density at radius 1 is 1.12 bits per heavy atom. The van der Waals surface area contributed by atoms with Crippen LogP contribution in [-0.2, 0) is 23.8 Å². The fourth-order valence-electron chi connectivity index (χ4n) is 2.16. The molecule has 0 amide bonds. The lowest BCUT2D eigenvalue weighted by molar-refractivity contribution is -0.161. The largest absolute Gasteiger partial charge is 0.463 e. The Labute approximate surface area is 141 Å². The van der Waals surface area contributed by atoms with Crippen LogP contribution in [0.5, 0.6) is 0 Å². The van der Waals surface area contributed by atoms with E-state index in [9.17, 15) is 9.59 Å². The van der Waals surface area contributed by atoms with E-state index in [0.29, 0.717) is 0 Å². The molecule has 0 saturated carbocycles. The molecule has 0 radical (unpaired) electrons. The van der Waals surface area contributed by atoms with Crippen molar-refractivity contribution in [2.24, 2.45) is 0 Å². The van der Waals surface area contributed by atoms with E-state index in [-0.39, 0.29) is 6.61 Å². The summed E-state index contributed by atoms with van der Waals surface area (Å²) in [7, 11) is 0. The van der Waals surface area contributed by atoms with E-state index in [1.54, 1.807) is 12.2 Å². The Morgan fingerprint density at radius 2 is 1.83 bits per heavy atom. The second kappa shape index (κ2) is 8.32. The van der Waals surface area contributed by atoms with Gasteiger partial charge in [-0.25, -0.2) is 0 Å². The summed E-state index contributed by atoms with van der Waals surface area (Å²) in [4.78, 5) is 22.2. The van der Waals surface area contributed by atoms with Gasteiger partial charge in [-0.3, -0.25) is 9.59 Å². The highest BCUT2D eigenvalue weighted by Gasteiger charge is 2.29. The van der Waals surface area contributed by atoms with Crippen LogP contribution in [-0.4, -0.2) is 36.9 Å². The van der Waals surface area contributed by atoms with Crippen LogP contribution >= 0.6 is 0 Å². The number of rotatable bonds is 3. The van der Waals surface area contributed by atoms with Gasteiger partial charge in [-0.2, -0.15) is 0 Å². The van der Waals surface area contributed by atoms with Gasteiger partial charge in [-0.05, 0) is 31.2 Å². The molecular weight excluding hydrogens is 308 g/mol. The second-order valence-corrected chi connectivity index (χ2v) is 5.49. The number of hydrogen-bond donors (Lipinski definition) is 0. The summed E-state index contributed by atoms with van der Waals surface area (Å²) in [5, 5.41) is 0. The average molecular weight is 328 g/mol. The number of hydrogen-bond acceptors (Lipinski definition) is 5. The summed E-state index contributed by atoms with van der Waals surface area (Å²) in [5.41, 5.74) is 2.05. The summed E-state index contributed by atoms with van der Waals surface area (Å²) >= 11 is 0. The fraction of sp³-hybridized carbons (Fsp3) is 0.368. The minimum atomic E-state index is -0.598. The Morgan fingerprint density at radius 3 is 2.46 bits per heavy atom. The Kier molecular flexibility index (Phi) is 6.16. The molecular formula is C19H20O5. The number of benzene rings is 1. The van der Waals surface area contributed by atoms with Crippen LogP contribution < -0.4 is 0 Å². The van der Waals surface area contributed by atoms with Crippen molar-refractivity contribution in [2.75, 3.05) is 6.61 Å². The van der Waals surface area contributed by atoms with E-state index < -0.39 is 30.3 Å². The quantitative estimate of drug-likeness (QED) is 0.483. The van der Waals surface area contributed by atoms with Crippen LogP contribution in [0.15, 0.2) is 36.4 Å². The molecule has 0 aliphatic carbocycles. The lowest BCUT2D eigenvalue weighted by Crippen LogP contribution is -2.41. The highest BCUT2D eigenvalue weighted by molar-refractivity contribution is 5.67. The van der Waals surface area contributed by atoms with Crippen molar-refractivity contribution in [2.45, 2.75) is 39.1 Å². The summed E-state index contributed by atoms with van der Waals surface area (Å²) in [5.74, 6) is 5.20. The molecule has 0 fully saturated rings. The van der Waals surface area contributed by atoms with Crippen molar-refractivity contribution in [3.63, 3.8) is 0 Å². The molecule has 0 unspecified atom stereocenters. The van der Waals surface area contributed by atoms with Crippen LogP contribution in [0.25, 0.3) is 0 Å². The van der Waals surface area contributed by atoms with Gasteiger partial charge in [-0.15, -0.1) is 0 Å². The molecule has 5 nitrogen and oxygen atoms in total. The second-order valence-electron chi connectivity index (χ2n) is 5.49. The zero-order chi connectivity index (χ0) is 17.5. The first-order valence-electron chi connectivity index (χ1n) is 7.66. The highest BCUT2D eigenvalue weighted by Crippen LogP contribution is 2.17. The van der Waals surface area contributed by atoms with Gasteiger partial charge in [0.1, 0.15) is 24.9 Å². The third-order valence-electron chi connectivity index (χ3n) is 3.33. The van der Waals surface area contributed by atoms with Gasteiger partial charge in [0.25, 0.3) is 0 Å². The normalized spacial score (nSPS) is 22.2. The smallest absolute Gasteiger partial charge is 0.303 e. The molecule has 1 heterocycles. The molecule has 2 rings (SSSR count). The maximum Gasteiger partial charge on any atom is 0.303 e. The SMILES string of the molecule is CC(=O)OC[C@H]1O[C@H](C#Cc2ccc(C)cc2)C=C[C@H]1OC(C)=O. The topological polar surface area (TPSA) is 61.8 Å². The van der Waals surface area contributed by atoms with E-state index in [2.05, 4.69) is 11.8 Å². The van der Waals surface area contributed by atoms with Gasteiger partial charge in [0.15, 0.2) is 0 Å². The zero-order valence-corrected chi connectivity index (χ0v) is 13.9. The van der Waals surface area contributed by atoms with Gasteiger partial charge >= 0.3 is 11.9 Å². The van der Waals surface area contributed by atoms with Crippen molar-refractivity contribution in [3.8, 4) is 11.8 Å². The first kappa shape index (κ1) is 17.8. The number of esters is 2. The van der Waals surface area contributed by atoms with Gasteiger partial charge in [0.2, 0.25) is 0 Å². The lowest BCUT2D eigenvalue weighted by atomic mass is 10.1. The molecule has 3 atom stereocenters. The zero-order valence-electron chi connectivity index (χ0n) is 13.9. The minimum absolute atomic E-state index is 0.000329. The molecule has 0 spiro atoms. The summed E-state index contributed by atoms with van der Waals surface area (Å²) < 4.78 is 15.9. The molecule has 0 saturated heterocycles. The molecule has 0 bridgehead atoms. The predicted octanol–water partition coefficient (Wildman–Crippen LogP) is 2.16. The first-order valence-corrected chi connectivity index (χ1v) is 7.66. The maximum atomic E-state index is 11.2.